The van der Waals surface area contributed by atoms with E-state index in [1.807, 2.05) is 42.7 Å². The first kappa shape index (κ1) is 10.3. The summed E-state index contributed by atoms with van der Waals surface area (Å²) in [5, 5.41) is 0. The van der Waals surface area contributed by atoms with E-state index in [4.69, 9.17) is 0 Å². The number of nitrogens with zero attached hydrogens (tertiary/aromatic N) is 1. The van der Waals surface area contributed by atoms with Gasteiger partial charge < -0.3 is 0 Å². The summed E-state index contributed by atoms with van der Waals surface area (Å²) in [5.74, 6) is 0.0694. The van der Waals surface area contributed by atoms with E-state index in [9.17, 15) is 4.79 Å². The normalized spacial score (nSPS) is 14.4. The van der Waals surface area contributed by atoms with Gasteiger partial charge in [0.15, 0.2) is 0 Å². The number of carbonyl (C=O) groups excluding carboxylic acids is 1. The van der Waals surface area contributed by atoms with E-state index in [1.165, 1.54) is 24.0 Å². The Kier molecular flexibility index (Phi) is 2.56. The number of benzene rings is 1. The topological polar surface area (TPSA) is 22.0 Å². The van der Waals surface area contributed by atoms with Crippen molar-refractivity contribution >= 4 is 5.91 Å². The third-order valence-corrected chi connectivity index (χ3v) is 3.40. The molecule has 86 valence electrons. The van der Waals surface area contributed by atoms with Crippen molar-refractivity contribution in [1.82, 2.24) is 4.57 Å². The Bertz CT molecular complexity index is 516. The van der Waals surface area contributed by atoms with Gasteiger partial charge in [0.2, 0.25) is 0 Å². The zero-order valence-electron chi connectivity index (χ0n) is 9.73. The van der Waals surface area contributed by atoms with Gasteiger partial charge in [0.25, 0.3) is 5.91 Å². The average Bonchev–Trinajstić information content (AvgIpc) is 2.82. The maximum absolute atomic E-state index is 12.2. The van der Waals surface area contributed by atoms with Gasteiger partial charge in [-0.2, -0.15) is 0 Å². The van der Waals surface area contributed by atoms with Gasteiger partial charge in [-0.3, -0.25) is 9.36 Å². The summed E-state index contributed by atoms with van der Waals surface area (Å²) in [4.78, 5) is 12.2. The molecule has 0 radical (unpaired) electrons. The predicted octanol–water partition coefficient (Wildman–Crippen LogP) is 3.06. The fourth-order valence-electron chi connectivity index (χ4n) is 2.47. The molecule has 1 aromatic carbocycles. The summed E-state index contributed by atoms with van der Waals surface area (Å²) in [5.41, 5.74) is 3.45. The molecular formula is C15H15NO. The highest BCUT2D eigenvalue weighted by Crippen LogP contribution is 2.22. The summed E-state index contributed by atoms with van der Waals surface area (Å²) in [6, 6.07) is 9.45. The van der Waals surface area contributed by atoms with Gasteiger partial charge in [0.05, 0.1) is 0 Å². The largest absolute Gasteiger partial charge is 0.290 e. The summed E-state index contributed by atoms with van der Waals surface area (Å²) in [7, 11) is 0. The van der Waals surface area contributed by atoms with Crippen LogP contribution in [0.1, 0.15) is 34.3 Å². The standard InChI is InChI=1S/C15H15NO/c17-15(12-6-2-1-3-7-12)16-10-13-8-4-5-9-14(13)11-16/h1-3,6-7,10-11H,4-5,8-9H2. The Morgan fingerprint density at radius 1 is 0.941 bits per heavy atom. The molecule has 0 spiro atoms. The van der Waals surface area contributed by atoms with Crippen molar-refractivity contribution in [2.24, 2.45) is 0 Å². The third-order valence-electron chi connectivity index (χ3n) is 3.40. The number of hydrogen-bond acceptors (Lipinski definition) is 1. The first-order chi connectivity index (χ1) is 8.34. The monoisotopic (exact) mass is 225 g/mol. The van der Waals surface area contributed by atoms with Crippen LogP contribution in [0.15, 0.2) is 42.7 Å². The van der Waals surface area contributed by atoms with Crippen molar-refractivity contribution in [2.45, 2.75) is 25.7 Å². The maximum atomic E-state index is 12.2. The second-order valence-electron chi connectivity index (χ2n) is 4.59. The number of fused-ring (bicyclic) bond motifs is 1. The molecule has 0 fully saturated rings. The highest BCUT2D eigenvalue weighted by Gasteiger charge is 2.15. The Morgan fingerprint density at radius 3 is 2.12 bits per heavy atom. The lowest BCUT2D eigenvalue weighted by atomic mass is 9.96. The maximum Gasteiger partial charge on any atom is 0.261 e. The molecule has 2 nitrogen and oxygen atoms in total. The first-order valence-electron chi connectivity index (χ1n) is 6.14. The van der Waals surface area contributed by atoms with Crippen molar-refractivity contribution in [3.63, 3.8) is 0 Å². The van der Waals surface area contributed by atoms with Gasteiger partial charge in [-0.1, -0.05) is 18.2 Å². The van der Waals surface area contributed by atoms with Gasteiger partial charge in [-0.05, 0) is 48.9 Å². The lowest BCUT2D eigenvalue weighted by Crippen LogP contribution is -2.09. The minimum absolute atomic E-state index is 0.0694. The molecule has 0 unspecified atom stereocenters. The molecule has 1 aliphatic rings. The van der Waals surface area contributed by atoms with Crippen LogP contribution in [-0.2, 0) is 12.8 Å². The molecule has 1 aromatic heterocycles. The molecular weight excluding hydrogens is 210 g/mol. The highest BCUT2D eigenvalue weighted by atomic mass is 16.2. The van der Waals surface area contributed by atoms with Crippen LogP contribution in [0.5, 0.6) is 0 Å². The molecule has 0 aliphatic heterocycles. The third kappa shape index (κ3) is 1.91. The van der Waals surface area contributed by atoms with Crippen LogP contribution in [-0.4, -0.2) is 10.5 Å². The number of hydrogen-bond donors (Lipinski definition) is 0. The lowest BCUT2D eigenvalue weighted by molar-refractivity contribution is 0.0960. The minimum Gasteiger partial charge on any atom is -0.290 e. The van der Waals surface area contributed by atoms with E-state index in [2.05, 4.69) is 0 Å². The van der Waals surface area contributed by atoms with Crippen molar-refractivity contribution in [1.29, 1.82) is 0 Å². The molecule has 0 bridgehead atoms. The fourth-order valence-corrected chi connectivity index (χ4v) is 2.47. The predicted molar refractivity (Wildman–Crippen MR) is 67.2 cm³/mol. The quantitative estimate of drug-likeness (QED) is 0.731. The summed E-state index contributed by atoms with van der Waals surface area (Å²) >= 11 is 0. The van der Waals surface area contributed by atoms with E-state index in [0.717, 1.165) is 18.4 Å². The number of rotatable bonds is 1. The van der Waals surface area contributed by atoms with Crippen LogP contribution in [0, 0.1) is 0 Å². The van der Waals surface area contributed by atoms with Crippen LogP contribution in [0.25, 0.3) is 0 Å². The molecule has 1 heterocycles. The summed E-state index contributed by atoms with van der Waals surface area (Å²) < 4.78 is 1.74. The van der Waals surface area contributed by atoms with Crippen molar-refractivity contribution in [2.75, 3.05) is 0 Å². The second kappa shape index (κ2) is 4.21. The van der Waals surface area contributed by atoms with E-state index in [0.29, 0.717) is 0 Å². The van der Waals surface area contributed by atoms with Gasteiger partial charge in [-0.25, -0.2) is 0 Å². The molecule has 2 aromatic rings. The zero-order valence-corrected chi connectivity index (χ0v) is 9.73. The highest BCUT2D eigenvalue weighted by molar-refractivity contribution is 5.96. The minimum atomic E-state index is 0.0694. The van der Waals surface area contributed by atoms with Crippen LogP contribution in [0.4, 0.5) is 0 Å². The van der Waals surface area contributed by atoms with Gasteiger partial charge in [0, 0.05) is 18.0 Å². The SMILES string of the molecule is O=C(c1ccccc1)n1cc2c(c1)CCCC2. The smallest absolute Gasteiger partial charge is 0.261 e. The van der Waals surface area contributed by atoms with E-state index < -0.39 is 0 Å². The lowest BCUT2D eigenvalue weighted by Gasteiger charge is -2.08. The van der Waals surface area contributed by atoms with Gasteiger partial charge in [-0.15, -0.1) is 0 Å². The van der Waals surface area contributed by atoms with Crippen LogP contribution in [0.3, 0.4) is 0 Å². The summed E-state index contributed by atoms with van der Waals surface area (Å²) in [6.45, 7) is 0. The number of aryl methyl sites for hydroxylation is 2. The molecule has 0 N–H and O–H groups in total. The van der Waals surface area contributed by atoms with Crippen LogP contribution in [0.2, 0.25) is 0 Å². The first-order valence-corrected chi connectivity index (χ1v) is 6.14. The average molecular weight is 225 g/mol. The molecule has 3 rings (SSSR count). The van der Waals surface area contributed by atoms with Crippen LogP contribution >= 0.6 is 0 Å². The Morgan fingerprint density at radius 2 is 1.53 bits per heavy atom. The molecule has 0 atom stereocenters. The van der Waals surface area contributed by atoms with E-state index in [1.54, 1.807) is 4.57 Å². The second-order valence-corrected chi connectivity index (χ2v) is 4.59. The molecule has 0 saturated carbocycles. The fraction of sp³-hybridized carbons (Fsp3) is 0.267. The van der Waals surface area contributed by atoms with Crippen LogP contribution < -0.4 is 0 Å². The van der Waals surface area contributed by atoms with Gasteiger partial charge in [0.1, 0.15) is 0 Å². The molecule has 1 aliphatic carbocycles. The van der Waals surface area contributed by atoms with E-state index >= 15 is 0 Å². The van der Waals surface area contributed by atoms with Crippen molar-refractivity contribution < 1.29 is 4.79 Å². The Balaban J connectivity index is 1.94. The number of carbonyl (C=O) groups is 1. The molecule has 17 heavy (non-hydrogen) atoms. The Hall–Kier alpha value is -1.83. The zero-order chi connectivity index (χ0) is 11.7. The Labute approximate surface area is 101 Å². The number of aromatic nitrogens is 1. The molecule has 0 saturated heterocycles. The van der Waals surface area contributed by atoms with E-state index in [-0.39, 0.29) is 5.91 Å². The summed E-state index contributed by atoms with van der Waals surface area (Å²) in [6.07, 6.45) is 8.73. The van der Waals surface area contributed by atoms with Crippen molar-refractivity contribution in [3.8, 4) is 0 Å². The van der Waals surface area contributed by atoms with Gasteiger partial charge >= 0.3 is 0 Å². The molecule has 2 heteroatoms. The van der Waals surface area contributed by atoms with Crippen molar-refractivity contribution in [3.05, 3.63) is 59.4 Å². The molecule has 0 amide bonds.